The fraction of sp³-hybridized carbons (Fsp3) is 0.229. The van der Waals surface area contributed by atoms with E-state index in [1.807, 2.05) is 57.4 Å². The van der Waals surface area contributed by atoms with E-state index < -0.39 is 0 Å². The zero-order valence-corrected chi connectivity index (χ0v) is 24.0. The van der Waals surface area contributed by atoms with Crippen molar-refractivity contribution in [3.05, 3.63) is 114 Å². The predicted octanol–water partition coefficient (Wildman–Crippen LogP) is 5.73. The molecular formula is C35H36N5O+. The van der Waals surface area contributed by atoms with Gasteiger partial charge in [-0.1, -0.05) is 36.4 Å². The zero-order valence-electron chi connectivity index (χ0n) is 24.0. The Labute approximate surface area is 243 Å². The molecule has 0 aromatic heterocycles. The van der Waals surface area contributed by atoms with Crippen LogP contribution in [0.5, 0.6) is 5.75 Å². The summed E-state index contributed by atoms with van der Waals surface area (Å²) in [5.41, 5.74) is 8.39. The van der Waals surface area contributed by atoms with Crippen LogP contribution >= 0.6 is 0 Å². The van der Waals surface area contributed by atoms with Gasteiger partial charge in [-0.25, -0.2) is 4.99 Å². The van der Waals surface area contributed by atoms with Gasteiger partial charge in [0.05, 0.1) is 36.9 Å². The molecule has 6 heteroatoms. The lowest BCUT2D eigenvalue weighted by Crippen LogP contribution is -2.22. The van der Waals surface area contributed by atoms with E-state index in [9.17, 15) is 0 Å². The van der Waals surface area contributed by atoms with E-state index in [1.54, 1.807) is 0 Å². The van der Waals surface area contributed by atoms with Gasteiger partial charge in [-0.05, 0) is 89.9 Å². The number of ether oxygens (including phenoxy) is 1. The topological polar surface area (TPSA) is 75.7 Å². The number of aliphatic imine (C=N–C) groups is 1. The van der Waals surface area contributed by atoms with Crippen LogP contribution in [0.25, 0.3) is 5.57 Å². The van der Waals surface area contributed by atoms with Crippen molar-refractivity contribution in [3.8, 4) is 17.9 Å². The number of nitrogens with zero attached hydrogens (tertiary/aromatic N) is 4. The molecule has 4 rings (SSSR count). The Morgan fingerprint density at radius 2 is 1.32 bits per heavy atom. The average Bonchev–Trinajstić information content (AvgIpc) is 3.01. The van der Waals surface area contributed by atoms with Gasteiger partial charge in [0.15, 0.2) is 0 Å². The molecule has 0 bridgehead atoms. The van der Waals surface area contributed by atoms with Crippen LogP contribution in [0.2, 0.25) is 0 Å². The molecule has 3 aromatic rings. The van der Waals surface area contributed by atoms with E-state index in [0.29, 0.717) is 26.0 Å². The summed E-state index contributed by atoms with van der Waals surface area (Å²) < 4.78 is 5.54. The van der Waals surface area contributed by atoms with Crippen molar-refractivity contribution in [1.82, 2.24) is 0 Å². The Balaban J connectivity index is 1.66. The summed E-state index contributed by atoms with van der Waals surface area (Å²) in [6, 6.07) is 29.5. The highest BCUT2D eigenvalue weighted by atomic mass is 16.5. The Bertz CT molecular complexity index is 1430. The number of hydrogen-bond donors (Lipinski definition) is 1. The summed E-state index contributed by atoms with van der Waals surface area (Å²) in [6.07, 6.45) is 9.42. The third-order valence-corrected chi connectivity index (χ3v) is 6.89. The second-order valence-electron chi connectivity index (χ2n) is 9.73. The van der Waals surface area contributed by atoms with Gasteiger partial charge in [0.25, 0.3) is 6.07 Å². The third kappa shape index (κ3) is 7.75. The van der Waals surface area contributed by atoms with Crippen molar-refractivity contribution in [2.24, 2.45) is 4.99 Å². The van der Waals surface area contributed by atoms with Gasteiger partial charge in [0.2, 0.25) is 0 Å². The van der Waals surface area contributed by atoms with E-state index in [4.69, 9.17) is 20.3 Å². The first-order valence-corrected chi connectivity index (χ1v) is 13.8. The van der Waals surface area contributed by atoms with Gasteiger partial charge >= 0.3 is 0 Å². The summed E-state index contributed by atoms with van der Waals surface area (Å²) in [7, 11) is 4.04. The van der Waals surface area contributed by atoms with Gasteiger partial charge in [-0.2, -0.15) is 5.26 Å². The molecule has 0 spiro atoms. The van der Waals surface area contributed by atoms with E-state index in [1.165, 1.54) is 0 Å². The van der Waals surface area contributed by atoms with E-state index in [-0.39, 0.29) is 0 Å². The van der Waals surface area contributed by atoms with Gasteiger partial charge in [0, 0.05) is 38.6 Å². The minimum atomic E-state index is 0.488. The first kappa shape index (κ1) is 28.9. The number of hydrogen-bond acceptors (Lipinski definition) is 5. The minimum absolute atomic E-state index is 0.488. The molecule has 0 heterocycles. The molecule has 206 valence electrons. The van der Waals surface area contributed by atoms with Gasteiger partial charge in [0.1, 0.15) is 5.75 Å². The van der Waals surface area contributed by atoms with Gasteiger partial charge in [-0.3, -0.25) is 0 Å². The molecule has 3 aromatic carbocycles. The van der Waals surface area contributed by atoms with Crippen molar-refractivity contribution < 1.29 is 10.00 Å². The van der Waals surface area contributed by atoms with Crippen LogP contribution in [0.1, 0.15) is 30.9 Å². The van der Waals surface area contributed by atoms with Gasteiger partial charge in [-0.15, -0.1) is 5.26 Å². The molecule has 1 aliphatic carbocycles. The smallest absolute Gasteiger partial charge is 0.272 e. The molecule has 1 N–H and O–H groups in total. The first-order chi connectivity index (χ1) is 20.0. The highest BCUT2D eigenvalue weighted by molar-refractivity contribution is 6.08. The van der Waals surface area contributed by atoms with Crippen molar-refractivity contribution in [2.45, 2.75) is 19.8 Å². The summed E-state index contributed by atoms with van der Waals surface area (Å²) in [5, 5.41) is 16.2. The van der Waals surface area contributed by atoms with Crippen LogP contribution in [0.15, 0.2) is 108 Å². The SMILES string of the molecule is CCOc1ccc(N=C2C=CC(=C(c3ccc(N(C)CCC#N)cc3)c3ccc(N(C)CCC#[NH+])cc3)C=C2)cc1. The number of nitriles is 1. The molecule has 1 aliphatic rings. The number of nitrogens with one attached hydrogen (secondary N) is 1. The number of benzene rings is 3. The van der Waals surface area contributed by atoms with Gasteiger partial charge < -0.3 is 14.5 Å². The molecule has 0 fully saturated rings. The quantitative estimate of drug-likeness (QED) is 0.336. The maximum Gasteiger partial charge on any atom is 0.272 e. The molecule has 0 atom stereocenters. The van der Waals surface area contributed by atoms with Crippen molar-refractivity contribution >= 4 is 28.3 Å². The number of anilines is 2. The summed E-state index contributed by atoms with van der Waals surface area (Å²) in [4.78, 5) is 9.01. The maximum atomic E-state index is 8.95. The summed E-state index contributed by atoms with van der Waals surface area (Å²) in [5.74, 6) is 0.841. The Morgan fingerprint density at radius 3 is 1.80 bits per heavy atom. The van der Waals surface area contributed by atoms with Crippen LogP contribution in [0.3, 0.4) is 0 Å². The van der Waals surface area contributed by atoms with E-state index in [0.717, 1.165) is 57.3 Å². The second kappa shape index (κ2) is 14.4. The molecule has 41 heavy (non-hydrogen) atoms. The molecule has 0 radical (unpaired) electrons. The first-order valence-electron chi connectivity index (χ1n) is 13.8. The molecule has 0 aliphatic heterocycles. The summed E-state index contributed by atoms with van der Waals surface area (Å²) in [6.45, 7) is 4.05. The highest BCUT2D eigenvalue weighted by Gasteiger charge is 2.13. The normalized spacial score (nSPS) is 11.9. The van der Waals surface area contributed by atoms with Crippen LogP contribution in [0, 0.1) is 17.4 Å². The molecule has 0 saturated carbocycles. The molecule has 6 nitrogen and oxygen atoms in total. The monoisotopic (exact) mass is 542 g/mol. The summed E-state index contributed by atoms with van der Waals surface area (Å²) >= 11 is 0. The average molecular weight is 543 g/mol. The molecular weight excluding hydrogens is 506 g/mol. The predicted molar refractivity (Wildman–Crippen MR) is 168 cm³/mol. The molecule has 0 saturated heterocycles. The Morgan fingerprint density at radius 1 is 0.780 bits per heavy atom. The largest absolute Gasteiger partial charge is 0.494 e. The van der Waals surface area contributed by atoms with E-state index >= 15 is 0 Å². The lowest BCUT2D eigenvalue weighted by Gasteiger charge is -2.20. The maximum absolute atomic E-state index is 8.95. The fourth-order valence-corrected chi connectivity index (χ4v) is 4.60. The van der Waals surface area contributed by atoms with Crippen molar-refractivity contribution in [2.75, 3.05) is 43.6 Å². The van der Waals surface area contributed by atoms with E-state index in [2.05, 4.69) is 82.6 Å². The standard InChI is InChI=1S/C35H35N5O/c1-4-41-34-21-15-31(16-22-34)38-30-13-7-27(8-14-30)35(28-9-17-32(18-10-28)39(2)25-5-23-36)29-11-19-33(20-12-29)40(3)26-6-24-37/h7-22H,4-6,25-26H2,1-3H3/p+1. The minimum Gasteiger partial charge on any atom is -0.494 e. The lowest BCUT2D eigenvalue weighted by atomic mass is 9.90. The molecule has 0 amide bonds. The van der Waals surface area contributed by atoms with Crippen LogP contribution < -0.4 is 19.8 Å². The van der Waals surface area contributed by atoms with Crippen LogP contribution in [0.4, 0.5) is 17.1 Å². The number of rotatable bonds is 11. The van der Waals surface area contributed by atoms with Crippen molar-refractivity contribution in [3.63, 3.8) is 0 Å². The third-order valence-electron chi connectivity index (χ3n) is 6.89. The van der Waals surface area contributed by atoms with Crippen LogP contribution in [-0.2, 0) is 0 Å². The number of allylic oxidation sites excluding steroid dienone is 5. The fourth-order valence-electron chi connectivity index (χ4n) is 4.60. The second-order valence-corrected chi connectivity index (χ2v) is 9.73. The highest BCUT2D eigenvalue weighted by Crippen LogP contribution is 2.32. The Kier molecular flexibility index (Phi) is 10.1. The van der Waals surface area contributed by atoms with Crippen molar-refractivity contribution in [1.29, 1.82) is 5.26 Å². The zero-order chi connectivity index (χ0) is 29.0. The lowest BCUT2D eigenvalue weighted by molar-refractivity contribution is -0.0945. The molecule has 0 unspecified atom stereocenters. The van der Waals surface area contributed by atoms with Crippen LogP contribution in [-0.4, -0.2) is 39.5 Å². The Hall–Kier alpha value is -5.07.